The third-order valence-corrected chi connectivity index (χ3v) is 16.8. The lowest BCUT2D eigenvalue weighted by Crippen LogP contribution is -2.47. The van der Waals surface area contributed by atoms with Crippen molar-refractivity contribution in [2.24, 2.45) is 0 Å². The predicted octanol–water partition coefficient (Wildman–Crippen LogP) is 4.17. The second-order valence-corrected chi connectivity index (χ2v) is 19.1. The Morgan fingerprint density at radius 2 is 1.30 bits per heavy atom. The monoisotopic (exact) mass is 571 g/mol. The van der Waals surface area contributed by atoms with Crippen LogP contribution in [0.3, 0.4) is 0 Å². The molecule has 1 heterocycles. The summed E-state index contributed by atoms with van der Waals surface area (Å²) in [5.74, 6) is 0. The van der Waals surface area contributed by atoms with E-state index in [1.807, 2.05) is 12.2 Å². The second-order valence-electron chi connectivity index (χ2n) is 5.96. The van der Waals surface area contributed by atoms with E-state index in [0.29, 0.717) is 30.8 Å². The Bertz CT molecular complexity index is 612. The van der Waals surface area contributed by atoms with Crippen molar-refractivity contribution in [3.05, 3.63) is 24.3 Å². The molecule has 30 heavy (non-hydrogen) atoms. The van der Waals surface area contributed by atoms with Crippen LogP contribution in [-0.2, 0) is 75.6 Å². The molecule has 0 saturated heterocycles. The van der Waals surface area contributed by atoms with Crippen molar-refractivity contribution in [1.82, 2.24) is 0 Å². The molecule has 0 fully saturated rings. The van der Waals surface area contributed by atoms with Crippen LogP contribution in [-0.4, -0.2) is 45.2 Å². The van der Waals surface area contributed by atoms with Gasteiger partial charge in [-0.1, -0.05) is 65.8 Å². The van der Waals surface area contributed by atoms with Gasteiger partial charge in [0.1, 0.15) is 0 Å². The number of hydrogen-bond acceptors (Lipinski definition) is 6. The molecule has 12 heteroatoms. The van der Waals surface area contributed by atoms with Gasteiger partial charge in [0.25, 0.3) is 0 Å². The van der Waals surface area contributed by atoms with Crippen LogP contribution in [0.15, 0.2) is 24.3 Å². The fourth-order valence-corrected chi connectivity index (χ4v) is 14.0. The quantitative estimate of drug-likeness (QED) is 0.369. The van der Waals surface area contributed by atoms with E-state index in [2.05, 4.69) is 62.2 Å². The molecule has 0 aliphatic carbocycles. The molecule has 0 aromatic heterocycles. The highest BCUT2D eigenvalue weighted by atomic mass is 33.4. The van der Waals surface area contributed by atoms with Gasteiger partial charge >= 0.3 is 8.56 Å². The Morgan fingerprint density at radius 1 is 0.933 bits per heavy atom. The molecule has 2 N–H and O–H groups in total. The molecule has 0 radical (unpaired) electrons. The van der Waals surface area contributed by atoms with Crippen LogP contribution in [0.1, 0.15) is 55.7 Å². The molecule has 0 bridgehead atoms. The summed E-state index contributed by atoms with van der Waals surface area (Å²) in [5, 5.41) is 16.5. The van der Waals surface area contributed by atoms with E-state index in [0.717, 1.165) is 13.2 Å². The van der Waals surface area contributed by atoms with Crippen molar-refractivity contribution in [3.63, 3.8) is 0 Å². The maximum absolute atomic E-state index is 8.25. The molecule has 0 unspecified atom stereocenters. The zero-order chi connectivity index (χ0) is 24.4. The van der Waals surface area contributed by atoms with E-state index in [1.165, 1.54) is 17.8 Å². The van der Waals surface area contributed by atoms with E-state index in [-0.39, 0.29) is 13.2 Å². The van der Waals surface area contributed by atoms with Crippen LogP contribution in [0.2, 0.25) is 11.1 Å². The molecule has 0 aromatic rings. The molecule has 4 nitrogen and oxygen atoms in total. The zero-order valence-corrected chi connectivity index (χ0v) is 25.2. The van der Waals surface area contributed by atoms with Crippen molar-refractivity contribution < 1.29 is 20.4 Å². The van der Waals surface area contributed by atoms with Crippen LogP contribution >= 0.6 is 0 Å². The van der Waals surface area contributed by atoms with Crippen LogP contribution in [0, 0.1) is 0 Å². The third kappa shape index (κ3) is 21.0. The SMILES string of the molecule is CC(C)[Si]1(C(C)C)OCC=CCO1.OCC/C=C\CCO.S=S=S=S=S=S=S.[2H]CC. The van der Waals surface area contributed by atoms with Gasteiger partial charge in [-0.3, -0.25) is 0 Å². The minimum absolute atomic E-state index is 0.196. The summed E-state index contributed by atoms with van der Waals surface area (Å²) in [6.07, 6.45) is 9.21. The molecule has 0 amide bonds. The first-order valence-corrected chi connectivity index (χ1v) is 19.5. The highest BCUT2D eigenvalue weighted by Gasteiger charge is 2.44. The Hall–Kier alpha value is 1.08. The van der Waals surface area contributed by atoms with Gasteiger partial charge in [0.05, 0.1) is 13.2 Å². The van der Waals surface area contributed by atoms with Crippen molar-refractivity contribution in [2.75, 3.05) is 26.4 Å². The van der Waals surface area contributed by atoms with Gasteiger partial charge in [-0.25, -0.2) is 0 Å². The first-order valence-electron chi connectivity index (χ1n) is 10.2. The minimum atomic E-state index is -1.95. The minimum Gasteiger partial charge on any atom is -0.396 e. The van der Waals surface area contributed by atoms with Gasteiger partial charge in [0.15, 0.2) is 0 Å². The van der Waals surface area contributed by atoms with Gasteiger partial charge in [0, 0.05) is 81.4 Å². The molecule has 0 aromatic carbocycles. The highest BCUT2D eigenvalue weighted by Crippen LogP contribution is 2.35. The second kappa shape index (κ2) is 28.1. The van der Waals surface area contributed by atoms with Gasteiger partial charge in [-0.15, -0.1) is 0 Å². The number of aliphatic hydroxyl groups is 2. The lowest BCUT2D eigenvalue weighted by Gasteiger charge is -2.35. The van der Waals surface area contributed by atoms with E-state index >= 15 is 0 Å². The standard InChI is InChI=1S/C10H20O2Si.C6H12O2.C2H6.S7/c1-9(2)13(10(3)4)11-7-5-6-8-12-13;7-5-3-1-2-4-6-8;1-2;1-3-5-7-6-4-2/h5-6,9-10H,7-8H2,1-4H3;1-2,7-8H,3-6H2;1-2H3;/b;2-1-;;/i;;1D;. The Morgan fingerprint density at radius 3 is 1.57 bits per heavy atom. The first kappa shape index (κ1) is 33.3. The molecule has 1 aliphatic heterocycles. The van der Waals surface area contributed by atoms with E-state index in [4.69, 9.17) is 20.4 Å². The first-order chi connectivity index (χ1) is 14.8. The van der Waals surface area contributed by atoms with E-state index in [9.17, 15) is 0 Å². The topological polar surface area (TPSA) is 58.9 Å². The largest absolute Gasteiger partial charge is 0.396 e. The highest BCUT2D eigenvalue weighted by molar-refractivity contribution is 8.68. The molecule has 180 valence electrons. The van der Waals surface area contributed by atoms with Crippen molar-refractivity contribution in [2.45, 2.75) is 65.4 Å². The summed E-state index contributed by atoms with van der Waals surface area (Å²) < 4.78 is 18.1. The van der Waals surface area contributed by atoms with Crippen molar-refractivity contribution in [3.8, 4) is 0 Å². The van der Waals surface area contributed by atoms with Gasteiger partial charge in [0.2, 0.25) is 0 Å². The average molecular weight is 572 g/mol. The zero-order valence-electron chi connectivity index (χ0n) is 19.5. The van der Waals surface area contributed by atoms with Gasteiger partial charge < -0.3 is 19.1 Å². The fourth-order valence-electron chi connectivity index (χ4n) is 2.29. The normalized spacial score (nSPS) is 14.6. The maximum atomic E-state index is 8.25. The smallest absolute Gasteiger partial charge is 0.343 e. The third-order valence-electron chi connectivity index (χ3n) is 3.46. The molecule has 0 atom stereocenters. The fraction of sp³-hybridized carbons (Fsp3) is 0.778. The summed E-state index contributed by atoms with van der Waals surface area (Å²) in [6, 6.07) is 0. The molecule has 1 aliphatic rings. The van der Waals surface area contributed by atoms with Crippen LogP contribution < -0.4 is 0 Å². The summed E-state index contributed by atoms with van der Waals surface area (Å²) in [6.45, 7) is 13.0. The van der Waals surface area contributed by atoms with E-state index < -0.39 is 8.56 Å². The van der Waals surface area contributed by atoms with Crippen LogP contribution in [0.5, 0.6) is 0 Å². The molecule has 1 rings (SSSR count). The van der Waals surface area contributed by atoms with Crippen LogP contribution in [0.4, 0.5) is 0 Å². The van der Waals surface area contributed by atoms with Crippen molar-refractivity contribution in [1.29, 1.82) is 0 Å². The number of aliphatic hydroxyl groups excluding tert-OH is 2. The van der Waals surface area contributed by atoms with Gasteiger partial charge in [-0.05, 0) is 23.9 Å². The van der Waals surface area contributed by atoms with E-state index in [1.54, 1.807) is 33.6 Å². The summed E-state index contributed by atoms with van der Waals surface area (Å²) >= 11 is 9.14. The summed E-state index contributed by atoms with van der Waals surface area (Å²) in [7, 11) is 5.41. The van der Waals surface area contributed by atoms with Gasteiger partial charge in [-0.2, -0.15) is 0 Å². The summed E-state index contributed by atoms with van der Waals surface area (Å²) in [5.41, 5.74) is 1.04. The molecular weight excluding hydrogens is 533 g/mol. The summed E-state index contributed by atoms with van der Waals surface area (Å²) in [4.78, 5) is 0. The predicted molar refractivity (Wildman–Crippen MR) is 152 cm³/mol. The van der Waals surface area contributed by atoms with Crippen LogP contribution in [0.25, 0.3) is 0 Å². The Labute approximate surface area is 210 Å². The lowest BCUT2D eigenvalue weighted by atomic mass is 10.3. The number of hydrogen-bond donors (Lipinski definition) is 2. The lowest BCUT2D eigenvalue weighted by molar-refractivity contribution is 0.193. The number of rotatable bonds is 6. The van der Waals surface area contributed by atoms with Crippen molar-refractivity contribution >= 4 is 75.3 Å². The Balaban J connectivity index is -0.000000377. The molecule has 0 saturated carbocycles. The molecular formula is C18H38O4S7Si. The average Bonchev–Trinajstić information content (AvgIpc) is 3.01. The Kier molecular flexibility index (Phi) is 31.2. The maximum Gasteiger partial charge on any atom is 0.343 e. The molecule has 0 spiro atoms.